The van der Waals surface area contributed by atoms with E-state index in [1.54, 1.807) is 0 Å². The molecular formula is C25H30N4O3. The smallest absolute Gasteiger partial charge is 0.258 e. The second-order valence-corrected chi connectivity index (χ2v) is 9.23. The Labute approximate surface area is 188 Å². The third kappa shape index (κ3) is 4.04. The predicted octanol–water partition coefficient (Wildman–Crippen LogP) is 4.12. The van der Waals surface area contributed by atoms with E-state index in [0.29, 0.717) is 11.8 Å². The third-order valence-electron chi connectivity index (χ3n) is 6.21. The van der Waals surface area contributed by atoms with Crippen molar-refractivity contribution in [3.8, 4) is 11.6 Å². The number of pyridine rings is 1. The quantitative estimate of drug-likeness (QED) is 0.605. The van der Waals surface area contributed by atoms with E-state index in [4.69, 9.17) is 9.47 Å². The van der Waals surface area contributed by atoms with Gasteiger partial charge < -0.3 is 14.8 Å². The summed E-state index contributed by atoms with van der Waals surface area (Å²) in [6.07, 6.45) is 4.34. The van der Waals surface area contributed by atoms with Gasteiger partial charge in [0, 0.05) is 24.4 Å². The van der Waals surface area contributed by atoms with E-state index >= 15 is 0 Å². The largest absolute Gasteiger partial charge is 0.491 e. The zero-order valence-corrected chi connectivity index (χ0v) is 19.1. The number of ether oxygens (including phenoxy) is 2. The van der Waals surface area contributed by atoms with Crippen LogP contribution >= 0.6 is 0 Å². The van der Waals surface area contributed by atoms with Gasteiger partial charge in [-0.3, -0.25) is 9.48 Å². The van der Waals surface area contributed by atoms with Gasteiger partial charge in [0.25, 0.3) is 5.91 Å². The highest BCUT2D eigenvalue weighted by molar-refractivity contribution is 5.84. The van der Waals surface area contributed by atoms with Crippen LogP contribution in [0.1, 0.15) is 67.5 Å². The number of nitrogens with one attached hydrogen (secondary N) is 1. The molecule has 2 aromatic heterocycles. The standard InChI is InChI=1S/C25H30N4O3/c1-14(2)32-18-8-9-19-17(12-18)7-10-20(19)26-21(30)13-31-22-11-15(3)23-24(16-5-6-16)28-29(4)25(23)27-22/h8-9,11-12,14,16,20H,5-7,10,13H2,1-4H3,(H,26,30). The summed E-state index contributed by atoms with van der Waals surface area (Å²) in [7, 11) is 1.91. The first-order valence-electron chi connectivity index (χ1n) is 11.4. The average Bonchev–Trinajstić information content (AvgIpc) is 3.44. The van der Waals surface area contributed by atoms with Crippen LogP contribution in [-0.2, 0) is 18.3 Å². The maximum atomic E-state index is 12.6. The Kier molecular flexibility index (Phi) is 5.27. The lowest BCUT2D eigenvalue weighted by molar-refractivity contribution is -0.123. The summed E-state index contributed by atoms with van der Waals surface area (Å²) in [4.78, 5) is 17.2. The molecule has 0 radical (unpaired) electrons. The number of carbonyl (C=O) groups excluding carboxylic acids is 1. The third-order valence-corrected chi connectivity index (χ3v) is 6.21. The number of aromatic nitrogens is 3. The summed E-state index contributed by atoms with van der Waals surface area (Å²) >= 11 is 0. The molecule has 5 rings (SSSR count). The highest BCUT2D eigenvalue weighted by Gasteiger charge is 2.30. The first kappa shape index (κ1) is 20.8. The molecule has 2 aliphatic rings. The lowest BCUT2D eigenvalue weighted by Gasteiger charge is -2.16. The number of carbonyl (C=O) groups is 1. The summed E-state index contributed by atoms with van der Waals surface area (Å²) in [5, 5.41) is 8.90. The highest BCUT2D eigenvalue weighted by atomic mass is 16.5. The van der Waals surface area contributed by atoms with Crippen LogP contribution in [0.4, 0.5) is 0 Å². The Morgan fingerprint density at radius 1 is 1.25 bits per heavy atom. The maximum Gasteiger partial charge on any atom is 0.258 e. The van der Waals surface area contributed by atoms with Gasteiger partial charge in [0.1, 0.15) is 5.75 Å². The lowest BCUT2D eigenvalue weighted by atomic mass is 10.1. The van der Waals surface area contributed by atoms with Gasteiger partial charge in [-0.1, -0.05) is 6.07 Å². The molecule has 0 aliphatic heterocycles. The molecule has 1 fully saturated rings. The van der Waals surface area contributed by atoms with E-state index in [0.717, 1.165) is 46.4 Å². The van der Waals surface area contributed by atoms with E-state index in [9.17, 15) is 4.79 Å². The molecule has 0 saturated heterocycles. The van der Waals surface area contributed by atoms with Crippen molar-refractivity contribution in [1.82, 2.24) is 20.1 Å². The van der Waals surface area contributed by atoms with E-state index in [1.165, 1.54) is 18.4 Å². The Morgan fingerprint density at radius 3 is 2.81 bits per heavy atom. The molecule has 0 spiro atoms. The van der Waals surface area contributed by atoms with Crippen LogP contribution in [0, 0.1) is 6.92 Å². The summed E-state index contributed by atoms with van der Waals surface area (Å²) in [5.74, 6) is 1.75. The molecule has 1 N–H and O–H groups in total. The number of aryl methyl sites for hydroxylation is 3. The first-order chi connectivity index (χ1) is 15.4. The highest BCUT2D eigenvalue weighted by Crippen LogP contribution is 2.43. The number of hydrogen-bond acceptors (Lipinski definition) is 5. The molecule has 1 amide bonds. The van der Waals surface area contributed by atoms with Crippen molar-refractivity contribution in [2.75, 3.05) is 6.61 Å². The molecule has 2 aliphatic carbocycles. The van der Waals surface area contributed by atoms with Gasteiger partial charge in [0.2, 0.25) is 5.88 Å². The minimum absolute atomic E-state index is 0.00421. The second kappa shape index (κ2) is 8.11. The van der Waals surface area contributed by atoms with Crippen LogP contribution in [0.25, 0.3) is 11.0 Å². The van der Waals surface area contributed by atoms with Crippen LogP contribution < -0.4 is 14.8 Å². The Balaban J connectivity index is 1.23. The number of nitrogens with zero attached hydrogens (tertiary/aromatic N) is 3. The topological polar surface area (TPSA) is 78.3 Å². The van der Waals surface area contributed by atoms with Gasteiger partial charge in [0.05, 0.1) is 17.8 Å². The van der Waals surface area contributed by atoms with Gasteiger partial charge in [-0.15, -0.1) is 0 Å². The summed E-state index contributed by atoms with van der Waals surface area (Å²) in [6, 6.07) is 8.04. The van der Waals surface area contributed by atoms with E-state index in [2.05, 4.69) is 34.5 Å². The summed E-state index contributed by atoms with van der Waals surface area (Å²) in [5.41, 5.74) is 5.43. The summed E-state index contributed by atoms with van der Waals surface area (Å²) in [6.45, 7) is 6.03. The fourth-order valence-corrected chi connectivity index (χ4v) is 4.62. The predicted molar refractivity (Wildman–Crippen MR) is 122 cm³/mol. The van der Waals surface area contributed by atoms with E-state index in [-0.39, 0.29) is 24.7 Å². The van der Waals surface area contributed by atoms with Crippen molar-refractivity contribution in [3.05, 3.63) is 46.6 Å². The molecule has 2 heterocycles. The SMILES string of the molecule is Cc1cc(OCC(=O)NC2CCc3cc(OC(C)C)ccc32)nc2c1c(C1CC1)nn2C. The molecule has 0 bridgehead atoms. The minimum Gasteiger partial charge on any atom is -0.491 e. The first-order valence-corrected chi connectivity index (χ1v) is 11.4. The van der Waals surface area contributed by atoms with Crippen LogP contribution in [-0.4, -0.2) is 33.4 Å². The van der Waals surface area contributed by atoms with Crippen molar-refractivity contribution in [1.29, 1.82) is 0 Å². The van der Waals surface area contributed by atoms with Crippen molar-refractivity contribution >= 4 is 16.9 Å². The lowest BCUT2D eigenvalue weighted by Crippen LogP contribution is -2.31. The minimum atomic E-state index is -0.145. The maximum absolute atomic E-state index is 12.6. The van der Waals surface area contributed by atoms with Gasteiger partial charge in [-0.05, 0) is 75.3 Å². The normalized spacial score (nSPS) is 17.6. The molecular weight excluding hydrogens is 404 g/mol. The Bertz CT molecular complexity index is 1180. The molecule has 3 aromatic rings. The van der Waals surface area contributed by atoms with Crippen LogP contribution in [0.2, 0.25) is 0 Å². The zero-order valence-electron chi connectivity index (χ0n) is 19.1. The molecule has 7 heteroatoms. The van der Waals surface area contributed by atoms with Gasteiger partial charge in [-0.2, -0.15) is 10.1 Å². The molecule has 32 heavy (non-hydrogen) atoms. The Morgan fingerprint density at radius 2 is 2.06 bits per heavy atom. The second-order valence-electron chi connectivity index (χ2n) is 9.23. The number of hydrogen-bond donors (Lipinski definition) is 1. The zero-order chi connectivity index (χ0) is 22.4. The molecule has 1 saturated carbocycles. The Hall–Kier alpha value is -3.09. The van der Waals surface area contributed by atoms with Crippen LogP contribution in [0.5, 0.6) is 11.6 Å². The number of fused-ring (bicyclic) bond motifs is 2. The van der Waals surface area contributed by atoms with Crippen molar-refractivity contribution < 1.29 is 14.3 Å². The molecule has 7 nitrogen and oxygen atoms in total. The monoisotopic (exact) mass is 434 g/mol. The van der Waals surface area contributed by atoms with Gasteiger partial charge >= 0.3 is 0 Å². The number of benzene rings is 1. The fourth-order valence-electron chi connectivity index (χ4n) is 4.62. The van der Waals surface area contributed by atoms with E-state index < -0.39 is 0 Å². The fraction of sp³-hybridized carbons (Fsp3) is 0.480. The van der Waals surface area contributed by atoms with Crippen molar-refractivity contribution in [2.45, 2.75) is 64.5 Å². The number of amides is 1. The summed E-state index contributed by atoms with van der Waals surface area (Å²) < 4.78 is 13.4. The van der Waals surface area contributed by atoms with Gasteiger partial charge in [-0.25, -0.2) is 0 Å². The van der Waals surface area contributed by atoms with Crippen molar-refractivity contribution in [2.24, 2.45) is 7.05 Å². The average molecular weight is 435 g/mol. The van der Waals surface area contributed by atoms with Crippen molar-refractivity contribution in [3.63, 3.8) is 0 Å². The van der Waals surface area contributed by atoms with E-state index in [1.807, 2.05) is 37.7 Å². The van der Waals surface area contributed by atoms with Crippen LogP contribution in [0.15, 0.2) is 24.3 Å². The molecule has 1 atom stereocenters. The molecule has 1 unspecified atom stereocenters. The van der Waals surface area contributed by atoms with Gasteiger partial charge in [0.15, 0.2) is 12.3 Å². The molecule has 168 valence electrons. The van der Waals surface area contributed by atoms with Crippen LogP contribution in [0.3, 0.4) is 0 Å². The molecule has 1 aromatic carbocycles. The number of rotatable bonds is 7.